The number of nitrogens with one attached hydrogen (secondary N) is 2. The largest absolute Gasteiger partial charge is 0.352 e. The number of fused-ring (bicyclic) bond motifs is 2. The zero-order valence-electron chi connectivity index (χ0n) is 18.1. The van der Waals surface area contributed by atoms with Gasteiger partial charge in [-0.05, 0) is 24.3 Å². The highest BCUT2D eigenvalue weighted by Crippen LogP contribution is 2.35. The molecule has 4 N–H and O–H groups in total. The van der Waals surface area contributed by atoms with E-state index in [0.717, 1.165) is 45.9 Å². The van der Waals surface area contributed by atoms with Gasteiger partial charge in [0.25, 0.3) is 0 Å². The van der Waals surface area contributed by atoms with Gasteiger partial charge in [0.15, 0.2) is 11.5 Å². The van der Waals surface area contributed by atoms with E-state index in [0.29, 0.717) is 32.8 Å². The van der Waals surface area contributed by atoms with Crippen LogP contribution in [0.15, 0.2) is 49.1 Å². The lowest BCUT2D eigenvalue weighted by molar-refractivity contribution is 0.514. The van der Waals surface area contributed by atoms with E-state index in [4.69, 9.17) is 32.3 Å². The Kier molecular flexibility index (Phi) is 4.56. The molecule has 0 atom stereocenters. The lowest BCUT2D eigenvalue weighted by Crippen LogP contribution is -2.56. The van der Waals surface area contributed by atoms with E-state index in [-0.39, 0.29) is 6.04 Å². The van der Waals surface area contributed by atoms with Gasteiger partial charge in [-0.15, -0.1) is 11.3 Å². The van der Waals surface area contributed by atoms with Crippen LogP contribution in [0.1, 0.15) is 0 Å². The molecular weight excluding hydrogens is 484 g/mol. The number of rotatable bonds is 4. The van der Waals surface area contributed by atoms with Gasteiger partial charge in [0.2, 0.25) is 0 Å². The molecule has 35 heavy (non-hydrogen) atoms. The predicted octanol–water partition coefficient (Wildman–Crippen LogP) is 3.88. The molecule has 172 valence electrons. The number of nitrogens with zero attached hydrogens (tertiary/aromatic N) is 7. The van der Waals surface area contributed by atoms with Crippen molar-refractivity contribution in [3.05, 3.63) is 53.4 Å². The highest BCUT2D eigenvalue weighted by molar-refractivity contribution is 7.19. The summed E-state index contributed by atoms with van der Waals surface area (Å²) in [5, 5.41) is 7.55. The molecule has 1 aliphatic heterocycles. The zero-order chi connectivity index (χ0) is 23.5. The number of nitrogens with two attached hydrogens (primary N) is 1. The minimum Gasteiger partial charge on any atom is -0.352 e. The Labute approximate surface area is 207 Å². The number of imidazole rings is 1. The first-order valence-electron chi connectivity index (χ1n) is 10.9. The molecule has 0 saturated carbocycles. The summed E-state index contributed by atoms with van der Waals surface area (Å²) in [7, 11) is 0. The fraction of sp³-hybridized carbons (Fsp3) is 0.130. The van der Waals surface area contributed by atoms with E-state index >= 15 is 0 Å². The Hall–Kier alpha value is -3.93. The average molecular weight is 501 g/mol. The normalized spacial score (nSPS) is 14.2. The van der Waals surface area contributed by atoms with Gasteiger partial charge < -0.3 is 15.6 Å². The monoisotopic (exact) mass is 500 g/mol. The van der Waals surface area contributed by atoms with E-state index in [2.05, 4.69) is 30.0 Å². The van der Waals surface area contributed by atoms with Gasteiger partial charge in [0, 0.05) is 35.8 Å². The van der Waals surface area contributed by atoms with Crippen molar-refractivity contribution >= 4 is 50.8 Å². The van der Waals surface area contributed by atoms with E-state index in [1.807, 2.05) is 24.3 Å². The number of H-pyrrole nitrogens is 2. The molecule has 1 saturated heterocycles. The molecule has 1 aliphatic rings. The van der Waals surface area contributed by atoms with Crippen LogP contribution in [-0.4, -0.2) is 59.2 Å². The number of anilines is 1. The van der Waals surface area contributed by atoms with Crippen LogP contribution in [-0.2, 0) is 0 Å². The standard InChI is InChI=1S/C23H17ClN10S/c24-18-4-3-17(35-18)12-5-26-7-16-20(12)31-23(30-16)22-21-14(32-33-22)2-1-13(29-21)15-6-27-8-19(28-15)34-9-11(25)10-34/h1-8,11H,9-10,25H2,(H,30,31)(H,32,33). The number of aromatic amines is 2. The molecule has 0 radical (unpaired) electrons. The number of hydrogen-bond donors (Lipinski definition) is 3. The topological polar surface area (TPSA) is 138 Å². The first-order valence-corrected chi connectivity index (χ1v) is 12.1. The highest BCUT2D eigenvalue weighted by Gasteiger charge is 2.25. The van der Waals surface area contributed by atoms with Crippen molar-refractivity contribution in [3.63, 3.8) is 0 Å². The van der Waals surface area contributed by atoms with E-state index < -0.39 is 0 Å². The molecule has 0 amide bonds. The van der Waals surface area contributed by atoms with Crippen molar-refractivity contribution < 1.29 is 0 Å². The van der Waals surface area contributed by atoms with Gasteiger partial charge in [-0.3, -0.25) is 15.1 Å². The summed E-state index contributed by atoms with van der Waals surface area (Å²) in [6.45, 7) is 1.55. The molecule has 6 aromatic heterocycles. The van der Waals surface area contributed by atoms with Crippen LogP contribution in [0.2, 0.25) is 4.34 Å². The highest BCUT2D eigenvalue weighted by atomic mass is 35.5. The summed E-state index contributed by atoms with van der Waals surface area (Å²) >= 11 is 7.64. The van der Waals surface area contributed by atoms with Gasteiger partial charge in [-0.2, -0.15) is 5.10 Å². The Morgan fingerprint density at radius 3 is 2.63 bits per heavy atom. The number of aromatic nitrogens is 8. The maximum Gasteiger partial charge on any atom is 0.161 e. The third-order valence-electron chi connectivity index (χ3n) is 5.98. The zero-order valence-corrected chi connectivity index (χ0v) is 19.7. The first-order chi connectivity index (χ1) is 17.1. The minimum absolute atomic E-state index is 0.180. The third kappa shape index (κ3) is 3.43. The van der Waals surface area contributed by atoms with Crippen molar-refractivity contribution in [2.45, 2.75) is 6.04 Å². The Bertz CT molecular complexity index is 1710. The van der Waals surface area contributed by atoms with Gasteiger partial charge in [0.1, 0.15) is 22.5 Å². The molecule has 10 nitrogen and oxygen atoms in total. The summed E-state index contributed by atoms with van der Waals surface area (Å²) < 4.78 is 0.715. The fourth-order valence-corrected chi connectivity index (χ4v) is 5.28. The van der Waals surface area contributed by atoms with Gasteiger partial charge in [-0.1, -0.05) is 11.6 Å². The summed E-state index contributed by atoms with van der Waals surface area (Å²) in [5.74, 6) is 1.40. The van der Waals surface area contributed by atoms with Crippen LogP contribution < -0.4 is 10.6 Å². The Morgan fingerprint density at radius 1 is 0.914 bits per heavy atom. The molecule has 7 heterocycles. The molecule has 12 heteroatoms. The second-order valence-corrected chi connectivity index (χ2v) is 10.1. The molecule has 6 aromatic rings. The van der Waals surface area contributed by atoms with Gasteiger partial charge >= 0.3 is 0 Å². The second kappa shape index (κ2) is 7.80. The molecule has 0 bridgehead atoms. The number of pyridine rings is 2. The molecule has 1 fully saturated rings. The van der Waals surface area contributed by atoms with Crippen LogP contribution >= 0.6 is 22.9 Å². The summed E-state index contributed by atoms with van der Waals surface area (Å²) in [6, 6.07) is 7.86. The maximum atomic E-state index is 6.15. The lowest BCUT2D eigenvalue weighted by Gasteiger charge is -2.37. The average Bonchev–Trinajstić information content (AvgIpc) is 3.59. The van der Waals surface area contributed by atoms with Crippen LogP contribution in [0.3, 0.4) is 0 Å². The summed E-state index contributed by atoms with van der Waals surface area (Å²) in [4.78, 5) is 29.6. The Balaban J connectivity index is 1.31. The van der Waals surface area contributed by atoms with E-state index in [1.165, 1.54) is 11.3 Å². The van der Waals surface area contributed by atoms with Crippen molar-refractivity contribution in [3.8, 4) is 33.3 Å². The fourth-order valence-electron chi connectivity index (χ4n) is 4.22. The van der Waals surface area contributed by atoms with Gasteiger partial charge in [-0.25, -0.2) is 15.0 Å². The van der Waals surface area contributed by atoms with Crippen molar-refractivity contribution in [1.29, 1.82) is 0 Å². The van der Waals surface area contributed by atoms with Gasteiger partial charge in [0.05, 0.1) is 39.7 Å². The van der Waals surface area contributed by atoms with Crippen molar-refractivity contribution in [1.82, 2.24) is 40.1 Å². The van der Waals surface area contributed by atoms with Crippen molar-refractivity contribution in [2.75, 3.05) is 18.0 Å². The third-order valence-corrected chi connectivity index (χ3v) is 7.25. The molecule has 0 unspecified atom stereocenters. The smallest absolute Gasteiger partial charge is 0.161 e. The quantitative estimate of drug-likeness (QED) is 0.331. The van der Waals surface area contributed by atoms with Crippen LogP contribution in [0, 0.1) is 0 Å². The molecule has 0 aliphatic carbocycles. The number of thiophene rings is 1. The lowest BCUT2D eigenvalue weighted by atomic mass is 10.1. The molecule has 7 rings (SSSR count). The van der Waals surface area contributed by atoms with Crippen LogP contribution in [0.4, 0.5) is 5.82 Å². The predicted molar refractivity (Wildman–Crippen MR) is 136 cm³/mol. The number of halogens is 1. The minimum atomic E-state index is 0.180. The summed E-state index contributed by atoms with van der Waals surface area (Å²) in [5.41, 5.74) is 11.9. The van der Waals surface area contributed by atoms with Crippen molar-refractivity contribution in [2.24, 2.45) is 5.73 Å². The SMILES string of the molecule is NC1CN(c2cncc(-c3ccc4[nH]nc(-c5nc6c(-c7ccc(Cl)s7)cncc6[nH]5)c4n3)n2)C1. The number of hydrogen-bond acceptors (Lipinski definition) is 9. The Morgan fingerprint density at radius 2 is 1.80 bits per heavy atom. The van der Waals surface area contributed by atoms with Crippen LogP contribution in [0.25, 0.3) is 55.4 Å². The maximum absolute atomic E-state index is 6.15. The second-order valence-electron chi connectivity index (χ2n) is 8.36. The van der Waals surface area contributed by atoms with Crippen LogP contribution in [0.5, 0.6) is 0 Å². The molecule has 0 spiro atoms. The molecule has 0 aromatic carbocycles. The first kappa shape index (κ1) is 20.4. The van der Waals surface area contributed by atoms with E-state index in [1.54, 1.807) is 24.8 Å². The molecular formula is C23H17ClN10S. The summed E-state index contributed by atoms with van der Waals surface area (Å²) in [6.07, 6.45) is 7.01. The van der Waals surface area contributed by atoms with E-state index in [9.17, 15) is 0 Å².